The van der Waals surface area contributed by atoms with Gasteiger partial charge in [-0.2, -0.15) is 0 Å². The Hall–Kier alpha value is -3.73. The summed E-state index contributed by atoms with van der Waals surface area (Å²) < 4.78 is 0. The molecular formula is C25H22N2O3. The molecule has 2 aromatic carbocycles. The number of benzene rings is 2. The van der Waals surface area contributed by atoms with Gasteiger partial charge in [0.15, 0.2) is 0 Å². The van der Waals surface area contributed by atoms with Crippen LogP contribution in [0.2, 0.25) is 0 Å². The lowest BCUT2D eigenvalue weighted by Gasteiger charge is -2.18. The second-order valence-electron chi connectivity index (χ2n) is 7.60. The van der Waals surface area contributed by atoms with Crippen molar-refractivity contribution in [2.24, 2.45) is 5.92 Å². The Morgan fingerprint density at radius 2 is 1.80 bits per heavy atom. The highest BCUT2D eigenvalue weighted by molar-refractivity contribution is 6.37. The molecule has 0 bridgehead atoms. The molecule has 5 heteroatoms. The Labute approximate surface area is 175 Å². The summed E-state index contributed by atoms with van der Waals surface area (Å²) in [6.45, 7) is 4.45. The zero-order chi connectivity index (χ0) is 21.3. The van der Waals surface area contributed by atoms with Gasteiger partial charge in [-0.3, -0.25) is 9.78 Å². The van der Waals surface area contributed by atoms with E-state index in [0.717, 1.165) is 28.0 Å². The van der Waals surface area contributed by atoms with Crippen molar-refractivity contribution in [3.63, 3.8) is 0 Å². The third kappa shape index (κ3) is 3.50. The second-order valence-corrected chi connectivity index (χ2v) is 7.60. The highest BCUT2D eigenvalue weighted by Crippen LogP contribution is 2.43. The van der Waals surface area contributed by atoms with E-state index in [1.54, 1.807) is 35.5 Å². The summed E-state index contributed by atoms with van der Waals surface area (Å²) in [4.78, 5) is 30.9. The number of carboxylic acids is 1. The second kappa shape index (κ2) is 7.95. The first-order valence-corrected chi connectivity index (χ1v) is 9.85. The first kappa shape index (κ1) is 19.6. The Morgan fingerprint density at radius 3 is 2.50 bits per heavy atom. The number of hydrogen-bond donors (Lipinski definition) is 1. The molecule has 1 N–H and O–H groups in total. The van der Waals surface area contributed by atoms with Gasteiger partial charge in [0.05, 0.1) is 23.4 Å². The van der Waals surface area contributed by atoms with Gasteiger partial charge in [0.2, 0.25) is 0 Å². The molecular weight excluding hydrogens is 376 g/mol. The Kier molecular flexibility index (Phi) is 5.19. The van der Waals surface area contributed by atoms with Gasteiger partial charge in [0.1, 0.15) is 0 Å². The third-order valence-electron chi connectivity index (χ3n) is 5.26. The molecule has 0 saturated heterocycles. The molecule has 1 amide bonds. The molecule has 0 unspecified atom stereocenters. The van der Waals surface area contributed by atoms with Crippen LogP contribution in [0.5, 0.6) is 0 Å². The van der Waals surface area contributed by atoms with E-state index >= 15 is 0 Å². The topological polar surface area (TPSA) is 70.5 Å². The normalized spacial score (nSPS) is 14.8. The maximum absolute atomic E-state index is 13.6. The van der Waals surface area contributed by atoms with Crippen molar-refractivity contribution in [2.45, 2.75) is 20.4 Å². The summed E-state index contributed by atoms with van der Waals surface area (Å²) in [6.07, 6.45) is 3.51. The lowest BCUT2D eigenvalue weighted by atomic mass is 9.89. The molecule has 1 aromatic heterocycles. The van der Waals surface area contributed by atoms with Crippen molar-refractivity contribution in [1.82, 2.24) is 4.98 Å². The first-order chi connectivity index (χ1) is 14.5. The molecule has 0 radical (unpaired) electrons. The Morgan fingerprint density at radius 1 is 1.03 bits per heavy atom. The Bertz CT molecular complexity index is 1150. The molecule has 2 heterocycles. The molecule has 1 aliphatic heterocycles. The average molecular weight is 398 g/mol. The lowest BCUT2D eigenvalue weighted by molar-refractivity contribution is -0.113. The zero-order valence-electron chi connectivity index (χ0n) is 16.9. The molecule has 0 spiro atoms. The minimum Gasteiger partial charge on any atom is -0.478 e. The minimum absolute atomic E-state index is 0.0792. The molecule has 0 atom stereocenters. The molecule has 5 nitrogen and oxygen atoms in total. The fourth-order valence-electron chi connectivity index (χ4n) is 3.97. The fourth-order valence-corrected chi connectivity index (χ4v) is 3.97. The summed E-state index contributed by atoms with van der Waals surface area (Å²) in [7, 11) is 0. The number of aromatic carboxylic acids is 1. The zero-order valence-corrected chi connectivity index (χ0v) is 16.9. The SMILES string of the molecule is CC(C)/C(=C1\C(=O)N(Cc2cccc(C(=O)O)c2)c2ccccc21)c1cccnc1. The number of para-hydroxylation sites is 1. The summed E-state index contributed by atoms with van der Waals surface area (Å²) in [5.74, 6) is -0.940. The number of carbonyl (C=O) groups is 2. The quantitative estimate of drug-likeness (QED) is 0.621. The smallest absolute Gasteiger partial charge is 0.335 e. The lowest BCUT2D eigenvalue weighted by Crippen LogP contribution is -2.26. The van der Waals surface area contributed by atoms with E-state index in [0.29, 0.717) is 12.1 Å². The van der Waals surface area contributed by atoms with Crippen molar-refractivity contribution in [3.8, 4) is 0 Å². The highest BCUT2D eigenvalue weighted by atomic mass is 16.4. The fraction of sp³-hybridized carbons (Fsp3) is 0.160. The average Bonchev–Trinajstić information content (AvgIpc) is 3.01. The van der Waals surface area contributed by atoms with Crippen LogP contribution in [0.3, 0.4) is 0 Å². The van der Waals surface area contributed by atoms with Crippen LogP contribution in [0.25, 0.3) is 11.1 Å². The largest absolute Gasteiger partial charge is 0.478 e. The van der Waals surface area contributed by atoms with E-state index in [9.17, 15) is 14.7 Å². The number of pyridine rings is 1. The van der Waals surface area contributed by atoms with Crippen molar-refractivity contribution >= 4 is 28.7 Å². The van der Waals surface area contributed by atoms with E-state index in [4.69, 9.17) is 0 Å². The van der Waals surface area contributed by atoms with Gasteiger partial charge in [0, 0.05) is 18.0 Å². The molecule has 150 valence electrons. The van der Waals surface area contributed by atoms with Crippen molar-refractivity contribution in [1.29, 1.82) is 0 Å². The first-order valence-electron chi connectivity index (χ1n) is 9.85. The summed E-state index contributed by atoms with van der Waals surface area (Å²) in [5, 5.41) is 9.29. The van der Waals surface area contributed by atoms with E-state index in [1.165, 1.54) is 0 Å². The minimum atomic E-state index is -0.982. The number of nitrogens with zero attached hydrogens (tertiary/aromatic N) is 2. The molecule has 3 aromatic rings. The van der Waals surface area contributed by atoms with Crippen LogP contribution < -0.4 is 4.90 Å². The molecule has 0 saturated carbocycles. The molecule has 0 aliphatic carbocycles. The number of carbonyl (C=O) groups excluding carboxylic acids is 1. The molecule has 0 fully saturated rings. The Balaban J connectivity index is 1.84. The predicted molar refractivity (Wildman–Crippen MR) is 117 cm³/mol. The van der Waals surface area contributed by atoms with Gasteiger partial charge in [0.25, 0.3) is 5.91 Å². The van der Waals surface area contributed by atoms with Crippen molar-refractivity contribution in [2.75, 3.05) is 4.90 Å². The standard InChI is InChI=1S/C25H22N2O3/c1-16(2)22(19-9-6-12-26-14-19)23-20-10-3-4-11-21(20)27(24(23)28)15-17-7-5-8-18(13-17)25(29)30/h3-14,16H,15H2,1-2H3,(H,29,30)/b23-22+. The van der Waals surface area contributed by atoms with Gasteiger partial charge in [-0.15, -0.1) is 0 Å². The third-order valence-corrected chi connectivity index (χ3v) is 5.26. The van der Waals surface area contributed by atoms with Crippen LogP contribution in [-0.4, -0.2) is 22.0 Å². The highest BCUT2D eigenvalue weighted by Gasteiger charge is 2.35. The monoisotopic (exact) mass is 398 g/mol. The molecule has 30 heavy (non-hydrogen) atoms. The van der Waals surface area contributed by atoms with Crippen LogP contribution in [0.1, 0.15) is 40.9 Å². The van der Waals surface area contributed by atoms with E-state index in [1.807, 2.05) is 42.5 Å². The van der Waals surface area contributed by atoms with Crippen LogP contribution in [-0.2, 0) is 11.3 Å². The summed E-state index contributed by atoms with van der Waals surface area (Å²) in [6, 6.07) is 18.3. The van der Waals surface area contributed by atoms with Crippen LogP contribution in [0.4, 0.5) is 5.69 Å². The number of allylic oxidation sites excluding steroid dienone is 1. The number of aromatic nitrogens is 1. The van der Waals surface area contributed by atoms with E-state index in [-0.39, 0.29) is 17.4 Å². The maximum Gasteiger partial charge on any atom is 0.335 e. The maximum atomic E-state index is 13.6. The van der Waals surface area contributed by atoms with Crippen molar-refractivity contribution < 1.29 is 14.7 Å². The number of hydrogen-bond acceptors (Lipinski definition) is 3. The predicted octanol–water partition coefficient (Wildman–Crippen LogP) is 4.89. The number of carboxylic acid groups (broad SMARTS) is 1. The number of amides is 1. The van der Waals surface area contributed by atoms with Crippen LogP contribution in [0.15, 0.2) is 73.1 Å². The molecule has 4 rings (SSSR count). The summed E-state index contributed by atoms with van der Waals surface area (Å²) in [5.41, 5.74) is 5.28. The number of anilines is 1. The van der Waals surface area contributed by atoms with Gasteiger partial charge >= 0.3 is 5.97 Å². The van der Waals surface area contributed by atoms with Gasteiger partial charge in [-0.05, 0) is 46.9 Å². The number of rotatable bonds is 5. The number of fused-ring (bicyclic) bond motifs is 1. The van der Waals surface area contributed by atoms with Gasteiger partial charge < -0.3 is 10.0 Å². The van der Waals surface area contributed by atoms with Crippen molar-refractivity contribution in [3.05, 3.63) is 95.3 Å². The van der Waals surface area contributed by atoms with Crippen LogP contribution in [0, 0.1) is 5.92 Å². The van der Waals surface area contributed by atoms with E-state index in [2.05, 4.69) is 18.8 Å². The summed E-state index contributed by atoms with van der Waals surface area (Å²) >= 11 is 0. The van der Waals surface area contributed by atoms with Gasteiger partial charge in [-0.25, -0.2) is 4.79 Å². The van der Waals surface area contributed by atoms with E-state index < -0.39 is 5.97 Å². The molecule has 1 aliphatic rings. The van der Waals surface area contributed by atoms with Gasteiger partial charge in [-0.1, -0.05) is 50.2 Å². The van der Waals surface area contributed by atoms with Crippen LogP contribution >= 0.6 is 0 Å².